The predicted molar refractivity (Wildman–Crippen MR) is 73.4 cm³/mol. The van der Waals surface area contributed by atoms with Crippen LogP contribution in [-0.4, -0.2) is 49.2 Å². The highest BCUT2D eigenvalue weighted by molar-refractivity contribution is 6.02. The van der Waals surface area contributed by atoms with Gasteiger partial charge in [0.25, 0.3) is 0 Å². The van der Waals surface area contributed by atoms with Crippen molar-refractivity contribution in [3.63, 3.8) is 0 Å². The summed E-state index contributed by atoms with van der Waals surface area (Å²) in [6, 6.07) is 6.07. The number of anilines is 1. The average Bonchev–Trinajstić information content (AvgIpc) is 2.39. The first-order valence-corrected chi connectivity index (χ1v) is 6.14. The Morgan fingerprint density at radius 3 is 2.56 bits per heavy atom. The number of nitrogens with two attached hydrogens (primary N) is 1. The molecule has 0 spiro atoms. The van der Waals surface area contributed by atoms with Crippen LogP contribution in [0.3, 0.4) is 0 Å². The van der Waals surface area contributed by atoms with Crippen molar-refractivity contribution < 1.29 is 5.21 Å². The molecule has 2 rings (SSSR count). The summed E-state index contributed by atoms with van der Waals surface area (Å²) in [4.78, 5) is 4.58. The smallest absolute Gasteiger partial charge is 0.172 e. The van der Waals surface area contributed by atoms with Gasteiger partial charge in [0.05, 0.1) is 0 Å². The molecule has 1 aliphatic heterocycles. The van der Waals surface area contributed by atoms with Crippen molar-refractivity contribution in [3.8, 4) is 0 Å². The number of aryl methyl sites for hydroxylation is 1. The van der Waals surface area contributed by atoms with Gasteiger partial charge >= 0.3 is 0 Å². The van der Waals surface area contributed by atoms with Gasteiger partial charge in [-0.05, 0) is 26.1 Å². The van der Waals surface area contributed by atoms with Gasteiger partial charge in [-0.15, -0.1) is 0 Å². The van der Waals surface area contributed by atoms with E-state index in [-0.39, 0.29) is 5.84 Å². The lowest BCUT2D eigenvalue weighted by atomic mass is 10.1. The number of oxime groups is 1. The van der Waals surface area contributed by atoms with Crippen LogP contribution >= 0.6 is 0 Å². The summed E-state index contributed by atoms with van der Waals surface area (Å²) in [6.45, 7) is 5.99. The number of amidine groups is 1. The molecule has 18 heavy (non-hydrogen) atoms. The summed E-state index contributed by atoms with van der Waals surface area (Å²) in [5.74, 6) is 0.174. The first-order valence-electron chi connectivity index (χ1n) is 6.14. The summed E-state index contributed by atoms with van der Waals surface area (Å²) < 4.78 is 0. The lowest BCUT2D eigenvalue weighted by molar-refractivity contribution is 0.312. The van der Waals surface area contributed by atoms with E-state index in [4.69, 9.17) is 10.9 Å². The molecular formula is C13H20N4O. The molecule has 3 N–H and O–H groups in total. The first-order chi connectivity index (χ1) is 8.61. The minimum absolute atomic E-state index is 0.174. The van der Waals surface area contributed by atoms with Crippen molar-refractivity contribution in [2.45, 2.75) is 6.92 Å². The van der Waals surface area contributed by atoms with Crippen molar-refractivity contribution in [2.24, 2.45) is 10.9 Å². The predicted octanol–water partition coefficient (Wildman–Crippen LogP) is 0.841. The third kappa shape index (κ3) is 2.56. The van der Waals surface area contributed by atoms with Gasteiger partial charge in [-0.25, -0.2) is 0 Å². The van der Waals surface area contributed by atoms with Gasteiger partial charge in [0.2, 0.25) is 0 Å². The number of likely N-dealkylation sites (N-methyl/N-ethyl adjacent to an activating group) is 1. The second kappa shape index (κ2) is 5.27. The number of nitrogens with zero attached hydrogens (tertiary/aromatic N) is 3. The van der Waals surface area contributed by atoms with E-state index in [0.29, 0.717) is 0 Å². The van der Waals surface area contributed by atoms with E-state index in [0.717, 1.165) is 43.0 Å². The van der Waals surface area contributed by atoms with Crippen LogP contribution in [0.25, 0.3) is 0 Å². The minimum atomic E-state index is 0.174. The molecular weight excluding hydrogens is 228 g/mol. The highest BCUT2D eigenvalue weighted by Gasteiger charge is 2.18. The summed E-state index contributed by atoms with van der Waals surface area (Å²) in [7, 11) is 2.12. The second-order valence-electron chi connectivity index (χ2n) is 4.80. The maximum atomic E-state index is 8.88. The lowest BCUT2D eigenvalue weighted by Crippen LogP contribution is -2.45. The zero-order valence-corrected chi connectivity index (χ0v) is 10.9. The Bertz CT molecular complexity index is 450. The molecule has 5 heteroatoms. The van der Waals surface area contributed by atoms with Gasteiger partial charge in [-0.3, -0.25) is 0 Å². The van der Waals surface area contributed by atoms with Crippen LogP contribution < -0.4 is 10.6 Å². The fraction of sp³-hybridized carbons (Fsp3) is 0.462. The Labute approximate surface area is 107 Å². The van der Waals surface area contributed by atoms with Crippen LogP contribution in [0.5, 0.6) is 0 Å². The fourth-order valence-corrected chi connectivity index (χ4v) is 2.23. The van der Waals surface area contributed by atoms with E-state index in [1.165, 1.54) is 0 Å². The van der Waals surface area contributed by atoms with Crippen molar-refractivity contribution in [3.05, 3.63) is 29.3 Å². The van der Waals surface area contributed by atoms with Crippen LogP contribution in [0.15, 0.2) is 23.4 Å². The Hall–Kier alpha value is -1.75. The molecule has 0 radical (unpaired) electrons. The molecule has 1 saturated heterocycles. The molecule has 5 nitrogen and oxygen atoms in total. The monoisotopic (exact) mass is 248 g/mol. The standard InChI is InChI=1S/C13H20N4O/c1-10-3-4-12(11(9-10)13(14)15-18)17-7-5-16(2)6-8-17/h3-4,9,18H,5-8H2,1-2H3,(H2,14,15). The number of piperazine rings is 1. The molecule has 0 saturated carbocycles. The van der Waals surface area contributed by atoms with E-state index in [1.807, 2.05) is 19.1 Å². The number of hydrogen-bond acceptors (Lipinski definition) is 4. The van der Waals surface area contributed by atoms with Gasteiger partial charge in [0, 0.05) is 37.4 Å². The molecule has 0 amide bonds. The van der Waals surface area contributed by atoms with Crippen molar-refractivity contribution in [1.29, 1.82) is 0 Å². The zero-order chi connectivity index (χ0) is 13.1. The van der Waals surface area contributed by atoms with E-state index in [2.05, 4.69) is 28.1 Å². The van der Waals surface area contributed by atoms with E-state index < -0.39 is 0 Å². The Balaban J connectivity index is 2.32. The van der Waals surface area contributed by atoms with Crippen molar-refractivity contribution in [2.75, 3.05) is 38.1 Å². The van der Waals surface area contributed by atoms with E-state index in [1.54, 1.807) is 0 Å². The molecule has 0 atom stereocenters. The number of rotatable bonds is 2. The zero-order valence-electron chi connectivity index (χ0n) is 10.9. The van der Waals surface area contributed by atoms with Crippen LogP contribution in [0.1, 0.15) is 11.1 Å². The Kier molecular flexibility index (Phi) is 3.72. The van der Waals surface area contributed by atoms with Crippen molar-refractivity contribution in [1.82, 2.24) is 4.90 Å². The Morgan fingerprint density at radius 2 is 1.94 bits per heavy atom. The summed E-state index contributed by atoms with van der Waals surface area (Å²) >= 11 is 0. The van der Waals surface area contributed by atoms with Crippen LogP contribution in [0.2, 0.25) is 0 Å². The van der Waals surface area contributed by atoms with E-state index in [9.17, 15) is 0 Å². The van der Waals surface area contributed by atoms with Gasteiger partial charge in [0.15, 0.2) is 5.84 Å². The van der Waals surface area contributed by atoms with Crippen LogP contribution in [0.4, 0.5) is 5.69 Å². The van der Waals surface area contributed by atoms with E-state index >= 15 is 0 Å². The molecule has 1 aromatic carbocycles. The van der Waals surface area contributed by atoms with Gasteiger partial charge < -0.3 is 20.7 Å². The number of hydrogen-bond donors (Lipinski definition) is 2. The molecule has 0 aliphatic carbocycles. The van der Waals surface area contributed by atoms with Crippen LogP contribution in [0, 0.1) is 6.92 Å². The molecule has 98 valence electrons. The quantitative estimate of drug-likeness (QED) is 0.352. The molecule has 0 bridgehead atoms. The third-order valence-electron chi connectivity index (χ3n) is 3.38. The van der Waals surface area contributed by atoms with Gasteiger partial charge in [-0.2, -0.15) is 0 Å². The summed E-state index contributed by atoms with van der Waals surface area (Å²) in [5, 5.41) is 12.0. The largest absolute Gasteiger partial charge is 0.409 e. The topological polar surface area (TPSA) is 65.1 Å². The molecule has 1 aromatic rings. The minimum Gasteiger partial charge on any atom is -0.409 e. The highest BCUT2D eigenvalue weighted by atomic mass is 16.4. The summed E-state index contributed by atoms with van der Waals surface area (Å²) in [5.41, 5.74) is 8.72. The second-order valence-corrected chi connectivity index (χ2v) is 4.80. The third-order valence-corrected chi connectivity index (χ3v) is 3.38. The molecule has 1 aliphatic rings. The lowest BCUT2D eigenvalue weighted by Gasteiger charge is -2.35. The normalized spacial score (nSPS) is 18.1. The van der Waals surface area contributed by atoms with Crippen LogP contribution in [-0.2, 0) is 0 Å². The summed E-state index contributed by atoms with van der Waals surface area (Å²) in [6.07, 6.45) is 0. The van der Waals surface area contributed by atoms with Crippen molar-refractivity contribution >= 4 is 11.5 Å². The molecule has 1 fully saturated rings. The molecule has 0 aromatic heterocycles. The van der Waals surface area contributed by atoms with Gasteiger partial charge in [-0.1, -0.05) is 16.8 Å². The SMILES string of the molecule is Cc1ccc(N2CCN(C)CC2)c(/C(N)=N/O)c1. The Morgan fingerprint density at radius 1 is 1.28 bits per heavy atom. The average molecular weight is 248 g/mol. The van der Waals surface area contributed by atoms with Gasteiger partial charge in [0.1, 0.15) is 0 Å². The fourth-order valence-electron chi connectivity index (χ4n) is 2.23. The number of benzene rings is 1. The maximum Gasteiger partial charge on any atom is 0.172 e. The first kappa shape index (κ1) is 12.7. The highest BCUT2D eigenvalue weighted by Crippen LogP contribution is 2.23. The maximum absolute atomic E-state index is 8.88. The molecule has 1 heterocycles. The molecule has 0 unspecified atom stereocenters.